The van der Waals surface area contributed by atoms with Crippen LogP contribution >= 0.6 is 11.6 Å². The second-order valence-electron chi connectivity index (χ2n) is 6.64. The Morgan fingerprint density at radius 1 is 1.15 bits per heavy atom. The van der Waals surface area contributed by atoms with E-state index in [9.17, 15) is 18.0 Å². The molecule has 0 aromatic heterocycles. The number of sulfone groups is 1. The summed E-state index contributed by atoms with van der Waals surface area (Å²) < 4.78 is 23.2. The highest BCUT2D eigenvalue weighted by Crippen LogP contribution is 2.19. The average molecular weight is 400 g/mol. The first kappa shape index (κ1) is 19.1. The molecule has 2 amide bonds. The molecular weight excluding hydrogens is 378 g/mol. The number of piperazine rings is 1. The van der Waals surface area contributed by atoms with Gasteiger partial charge in [-0.3, -0.25) is 14.5 Å². The van der Waals surface area contributed by atoms with Crippen molar-refractivity contribution in [1.29, 1.82) is 0 Å². The van der Waals surface area contributed by atoms with Crippen LogP contribution in [0.3, 0.4) is 0 Å². The molecule has 2 heterocycles. The van der Waals surface area contributed by atoms with Crippen molar-refractivity contribution in [2.24, 2.45) is 0 Å². The van der Waals surface area contributed by atoms with Gasteiger partial charge in [-0.15, -0.1) is 0 Å². The van der Waals surface area contributed by atoms with Crippen molar-refractivity contribution < 1.29 is 18.0 Å². The summed E-state index contributed by atoms with van der Waals surface area (Å²) in [6.45, 7) is 2.31. The molecule has 26 heavy (non-hydrogen) atoms. The Labute approximate surface area is 158 Å². The molecule has 1 aromatic carbocycles. The molecule has 0 bridgehead atoms. The number of nitrogens with one attached hydrogen (secondary N) is 1. The van der Waals surface area contributed by atoms with Gasteiger partial charge in [-0.05, 0) is 18.6 Å². The number of hydrogen-bond donors (Lipinski definition) is 1. The van der Waals surface area contributed by atoms with E-state index < -0.39 is 9.84 Å². The number of halogens is 1. The lowest BCUT2D eigenvalue weighted by atomic mass is 10.2. The van der Waals surface area contributed by atoms with E-state index >= 15 is 0 Å². The van der Waals surface area contributed by atoms with Crippen molar-refractivity contribution >= 4 is 33.3 Å². The summed E-state index contributed by atoms with van der Waals surface area (Å²) in [6, 6.07) is 6.75. The van der Waals surface area contributed by atoms with E-state index in [0.29, 0.717) is 43.2 Å². The van der Waals surface area contributed by atoms with Gasteiger partial charge in [0.15, 0.2) is 9.84 Å². The lowest BCUT2D eigenvalue weighted by Gasteiger charge is -2.37. The molecule has 0 radical (unpaired) electrons. The van der Waals surface area contributed by atoms with Gasteiger partial charge >= 0.3 is 0 Å². The molecule has 2 aliphatic heterocycles. The van der Waals surface area contributed by atoms with Crippen molar-refractivity contribution in [2.75, 3.05) is 44.2 Å². The Hall–Kier alpha value is -1.64. The standard InChI is InChI=1S/C17H22ClN3O4S/c18-15-4-2-1-3-14(15)17(23)19-11-16(22)21-8-6-20(7-9-21)13-5-10-26(24,25)12-13/h1-4,13H,5-12H2,(H,19,23)/t13-/m1/s1. The molecule has 0 saturated carbocycles. The van der Waals surface area contributed by atoms with E-state index in [-0.39, 0.29) is 35.9 Å². The lowest BCUT2D eigenvalue weighted by molar-refractivity contribution is -0.132. The number of nitrogens with zero attached hydrogens (tertiary/aromatic N) is 2. The number of benzene rings is 1. The lowest BCUT2D eigenvalue weighted by Crippen LogP contribution is -2.54. The van der Waals surface area contributed by atoms with Crippen LogP contribution < -0.4 is 5.32 Å². The van der Waals surface area contributed by atoms with Crippen LogP contribution in [0.5, 0.6) is 0 Å². The Morgan fingerprint density at radius 3 is 2.46 bits per heavy atom. The Bertz CT molecular complexity index is 791. The Morgan fingerprint density at radius 2 is 1.85 bits per heavy atom. The Balaban J connectivity index is 1.45. The molecule has 2 aliphatic rings. The minimum absolute atomic E-state index is 0.0668. The average Bonchev–Trinajstić information content (AvgIpc) is 3.00. The molecule has 1 atom stereocenters. The third-order valence-corrected chi connectivity index (χ3v) is 6.99. The number of hydrogen-bond acceptors (Lipinski definition) is 5. The fourth-order valence-electron chi connectivity index (χ4n) is 3.41. The normalized spacial score (nSPS) is 23.0. The highest BCUT2D eigenvalue weighted by Gasteiger charge is 2.34. The monoisotopic (exact) mass is 399 g/mol. The first-order valence-corrected chi connectivity index (χ1v) is 10.8. The summed E-state index contributed by atoms with van der Waals surface area (Å²) in [5.41, 5.74) is 0.342. The summed E-state index contributed by atoms with van der Waals surface area (Å²) in [5.74, 6) is -0.0532. The zero-order valence-electron chi connectivity index (χ0n) is 14.4. The molecular formula is C17H22ClN3O4S. The summed E-state index contributed by atoms with van der Waals surface area (Å²) in [7, 11) is -2.90. The summed E-state index contributed by atoms with van der Waals surface area (Å²) in [5, 5.41) is 2.95. The van der Waals surface area contributed by atoms with Crippen molar-refractivity contribution in [2.45, 2.75) is 12.5 Å². The number of rotatable bonds is 4. The molecule has 0 spiro atoms. The molecule has 7 nitrogen and oxygen atoms in total. The first-order valence-electron chi connectivity index (χ1n) is 8.61. The van der Waals surface area contributed by atoms with E-state index in [0.717, 1.165) is 0 Å². The van der Waals surface area contributed by atoms with Crippen LogP contribution in [0.25, 0.3) is 0 Å². The molecule has 1 N–H and O–H groups in total. The minimum Gasteiger partial charge on any atom is -0.343 e. The van der Waals surface area contributed by atoms with Gasteiger partial charge in [0.25, 0.3) is 5.91 Å². The van der Waals surface area contributed by atoms with Crippen LogP contribution in [-0.2, 0) is 14.6 Å². The van der Waals surface area contributed by atoms with E-state index in [1.807, 2.05) is 0 Å². The molecule has 0 aliphatic carbocycles. The number of amides is 2. The highest BCUT2D eigenvalue weighted by molar-refractivity contribution is 7.91. The van der Waals surface area contributed by atoms with Gasteiger partial charge in [-0.25, -0.2) is 8.42 Å². The Kier molecular flexibility index (Phi) is 5.84. The summed E-state index contributed by atoms with van der Waals surface area (Å²) in [4.78, 5) is 28.3. The second kappa shape index (κ2) is 7.94. The van der Waals surface area contributed by atoms with Gasteiger partial charge in [-0.2, -0.15) is 0 Å². The summed E-state index contributed by atoms with van der Waals surface area (Å²) >= 11 is 5.98. The third-order valence-electron chi connectivity index (χ3n) is 4.91. The van der Waals surface area contributed by atoms with Gasteiger partial charge < -0.3 is 10.2 Å². The SMILES string of the molecule is O=C(NCC(=O)N1CCN([C@@H]2CCS(=O)(=O)C2)CC1)c1ccccc1Cl. The van der Waals surface area contributed by atoms with Gasteiger partial charge in [0, 0.05) is 32.2 Å². The molecule has 9 heteroatoms. The van der Waals surface area contributed by atoms with Crippen LogP contribution in [0.4, 0.5) is 0 Å². The maximum atomic E-state index is 12.3. The van der Waals surface area contributed by atoms with Crippen molar-refractivity contribution in [3.05, 3.63) is 34.9 Å². The van der Waals surface area contributed by atoms with E-state index in [1.54, 1.807) is 29.2 Å². The van der Waals surface area contributed by atoms with Gasteiger partial charge in [-0.1, -0.05) is 23.7 Å². The van der Waals surface area contributed by atoms with Gasteiger partial charge in [0.1, 0.15) is 0 Å². The van der Waals surface area contributed by atoms with Crippen LogP contribution in [0.2, 0.25) is 5.02 Å². The molecule has 142 valence electrons. The molecule has 2 saturated heterocycles. The topological polar surface area (TPSA) is 86.8 Å². The number of carbonyl (C=O) groups is 2. The molecule has 2 fully saturated rings. The smallest absolute Gasteiger partial charge is 0.253 e. The van der Waals surface area contributed by atoms with Gasteiger partial charge in [0.2, 0.25) is 5.91 Å². The second-order valence-corrected chi connectivity index (χ2v) is 9.27. The largest absolute Gasteiger partial charge is 0.343 e. The first-order chi connectivity index (χ1) is 12.4. The van der Waals surface area contributed by atoms with Crippen molar-refractivity contribution in [3.8, 4) is 0 Å². The van der Waals surface area contributed by atoms with Crippen LogP contribution in [-0.4, -0.2) is 80.3 Å². The summed E-state index contributed by atoms with van der Waals surface area (Å²) in [6.07, 6.45) is 0.671. The van der Waals surface area contributed by atoms with Gasteiger partial charge in [0.05, 0.1) is 28.6 Å². The van der Waals surface area contributed by atoms with Crippen LogP contribution in [0, 0.1) is 0 Å². The maximum Gasteiger partial charge on any atom is 0.253 e. The van der Waals surface area contributed by atoms with Crippen LogP contribution in [0.1, 0.15) is 16.8 Å². The minimum atomic E-state index is -2.90. The fourth-order valence-corrected chi connectivity index (χ4v) is 5.39. The highest BCUT2D eigenvalue weighted by atomic mass is 35.5. The fraction of sp³-hybridized carbons (Fsp3) is 0.529. The van der Waals surface area contributed by atoms with E-state index in [2.05, 4.69) is 10.2 Å². The quantitative estimate of drug-likeness (QED) is 0.792. The van der Waals surface area contributed by atoms with Crippen LogP contribution in [0.15, 0.2) is 24.3 Å². The molecule has 3 rings (SSSR count). The predicted molar refractivity (Wildman–Crippen MR) is 99.0 cm³/mol. The third kappa shape index (κ3) is 4.55. The predicted octanol–water partition coefficient (Wildman–Crippen LogP) is 0.401. The maximum absolute atomic E-state index is 12.3. The zero-order chi connectivity index (χ0) is 18.7. The van der Waals surface area contributed by atoms with E-state index in [4.69, 9.17) is 11.6 Å². The molecule has 1 aromatic rings. The number of carbonyl (C=O) groups excluding carboxylic acids is 2. The molecule has 0 unspecified atom stereocenters. The van der Waals surface area contributed by atoms with Crippen molar-refractivity contribution in [3.63, 3.8) is 0 Å². The zero-order valence-corrected chi connectivity index (χ0v) is 15.9. The van der Waals surface area contributed by atoms with E-state index in [1.165, 1.54) is 0 Å². The van der Waals surface area contributed by atoms with Crippen molar-refractivity contribution in [1.82, 2.24) is 15.1 Å².